The average molecular weight is 547 g/mol. The number of halogens is 1. The van der Waals surface area contributed by atoms with Crippen molar-refractivity contribution in [2.75, 3.05) is 20.2 Å². The lowest BCUT2D eigenvalue weighted by Crippen LogP contribution is -2.48. The summed E-state index contributed by atoms with van der Waals surface area (Å²) in [6.45, 7) is 1.79. The highest BCUT2D eigenvalue weighted by Gasteiger charge is 2.34. The maximum Gasteiger partial charge on any atom is 0.342 e. The maximum atomic E-state index is 13.9. The SMILES string of the molecule is CCC[C@@H](NC(=O)N1CC(=S)NC[C@H](Cc2cc(F)ccc2OC)C1=O)c1ccc(C(=O)O)c([N+](=O)[O-])c1. The van der Waals surface area contributed by atoms with Crippen LogP contribution in [0.25, 0.3) is 0 Å². The number of nitrogens with one attached hydrogen (secondary N) is 2. The van der Waals surface area contributed by atoms with Gasteiger partial charge in [0.25, 0.3) is 5.69 Å². The standard InChI is InChI=1S/C25H27FN4O7S/c1-3-4-19(14-5-7-18(24(32)33)20(11-14)30(35)36)28-25(34)29-13-22(38)27-12-16(23(29)31)9-15-10-17(26)6-8-21(15)37-2/h5-8,10-11,16,19H,3-4,9,12-13H2,1-2H3,(H,27,38)(H,28,34)(H,32,33)/t16-,19+/m0/s1. The maximum absolute atomic E-state index is 13.9. The van der Waals surface area contributed by atoms with Gasteiger partial charge in [0.2, 0.25) is 5.91 Å². The number of nitro groups is 1. The second-order valence-corrected chi connectivity index (χ2v) is 9.21. The lowest BCUT2D eigenvalue weighted by atomic mass is 9.97. The molecule has 38 heavy (non-hydrogen) atoms. The number of rotatable bonds is 9. The summed E-state index contributed by atoms with van der Waals surface area (Å²) in [4.78, 5) is 50.0. The highest BCUT2D eigenvalue weighted by atomic mass is 32.1. The van der Waals surface area contributed by atoms with Crippen LogP contribution in [-0.2, 0) is 11.2 Å². The number of benzene rings is 2. The molecule has 2 atom stereocenters. The molecule has 0 radical (unpaired) electrons. The van der Waals surface area contributed by atoms with Crippen molar-refractivity contribution in [3.05, 3.63) is 69.0 Å². The Bertz CT molecular complexity index is 1270. The van der Waals surface area contributed by atoms with Crippen LogP contribution in [0, 0.1) is 21.8 Å². The van der Waals surface area contributed by atoms with E-state index in [2.05, 4.69) is 10.6 Å². The number of thiocarbonyl (C=S) groups is 1. The second-order valence-electron chi connectivity index (χ2n) is 8.72. The molecule has 0 bridgehead atoms. The Morgan fingerprint density at radius 1 is 1.34 bits per heavy atom. The molecule has 0 aliphatic carbocycles. The number of nitro benzene ring substituents is 1. The minimum absolute atomic E-state index is 0.0837. The zero-order chi connectivity index (χ0) is 28.0. The molecule has 0 aromatic heterocycles. The van der Waals surface area contributed by atoms with E-state index >= 15 is 0 Å². The summed E-state index contributed by atoms with van der Waals surface area (Å²) < 4.78 is 19.2. The largest absolute Gasteiger partial charge is 0.496 e. The third-order valence-electron chi connectivity index (χ3n) is 6.14. The first-order chi connectivity index (χ1) is 18.0. The van der Waals surface area contributed by atoms with Gasteiger partial charge in [0.05, 0.1) is 35.5 Å². The quantitative estimate of drug-likeness (QED) is 0.243. The fraction of sp³-hybridized carbons (Fsp3) is 0.360. The smallest absolute Gasteiger partial charge is 0.342 e. The van der Waals surface area contributed by atoms with Crippen molar-refractivity contribution in [2.45, 2.75) is 32.2 Å². The van der Waals surface area contributed by atoms with Crippen LogP contribution in [0.15, 0.2) is 36.4 Å². The molecule has 3 amide bonds. The highest BCUT2D eigenvalue weighted by molar-refractivity contribution is 7.80. The number of urea groups is 1. The average Bonchev–Trinajstić information content (AvgIpc) is 3.01. The second kappa shape index (κ2) is 12.4. The molecule has 2 aromatic rings. The van der Waals surface area contributed by atoms with Crippen LogP contribution in [-0.4, -0.2) is 58.0 Å². The number of hydrogen-bond acceptors (Lipinski definition) is 7. The summed E-state index contributed by atoms with van der Waals surface area (Å²) in [6, 6.07) is 6.08. The minimum Gasteiger partial charge on any atom is -0.496 e. The van der Waals surface area contributed by atoms with Crippen LogP contribution in [0.4, 0.5) is 14.9 Å². The molecule has 1 aliphatic heterocycles. The van der Waals surface area contributed by atoms with Gasteiger partial charge in [0.1, 0.15) is 17.1 Å². The number of carbonyl (C=O) groups excluding carboxylic acids is 2. The van der Waals surface area contributed by atoms with Crippen LogP contribution < -0.4 is 15.4 Å². The molecular weight excluding hydrogens is 519 g/mol. The van der Waals surface area contributed by atoms with Crippen LogP contribution in [0.2, 0.25) is 0 Å². The van der Waals surface area contributed by atoms with E-state index < -0.39 is 51.9 Å². The lowest BCUT2D eigenvalue weighted by molar-refractivity contribution is -0.385. The molecule has 13 heteroatoms. The van der Waals surface area contributed by atoms with E-state index in [1.807, 2.05) is 6.92 Å². The summed E-state index contributed by atoms with van der Waals surface area (Å²) in [5, 5.41) is 26.4. The number of carbonyl (C=O) groups is 3. The number of imide groups is 1. The summed E-state index contributed by atoms with van der Waals surface area (Å²) in [5.74, 6) is -2.85. The van der Waals surface area contributed by atoms with E-state index in [0.29, 0.717) is 29.7 Å². The third kappa shape index (κ3) is 6.59. The van der Waals surface area contributed by atoms with Crippen molar-refractivity contribution in [2.24, 2.45) is 5.92 Å². The fourth-order valence-electron chi connectivity index (χ4n) is 4.26. The molecule has 11 nitrogen and oxygen atoms in total. The summed E-state index contributed by atoms with van der Waals surface area (Å²) in [7, 11) is 1.43. The van der Waals surface area contributed by atoms with Gasteiger partial charge in [-0.05, 0) is 48.2 Å². The first-order valence-corrected chi connectivity index (χ1v) is 12.2. The van der Waals surface area contributed by atoms with E-state index in [1.54, 1.807) is 0 Å². The Morgan fingerprint density at radius 3 is 2.71 bits per heavy atom. The van der Waals surface area contributed by atoms with Crippen LogP contribution in [0.5, 0.6) is 5.75 Å². The number of methoxy groups -OCH3 is 1. The Hall–Kier alpha value is -4.13. The van der Waals surface area contributed by atoms with Gasteiger partial charge in [0, 0.05) is 12.6 Å². The predicted molar refractivity (Wildman–Crippen MR) is 139 cm³/mol. The molecule has 2 aromatic carbocycles. The monoisotopic (exact) mass is 546 g/mol. The van der Waals surface area contributed by atoms with Gasteiger partial charge in [-0.2, -0.15) is 0 Å². The van der Waals surface area contributed by atoms with E-state index in [4.69, 9.17) is 17.0 Å². The summed E-state index contributed by atoms with van der Waals surface area (Å²) in [6.07, 6.45) is 1.03. The number of nitrogens with zero attached hydrogens (tertiary/aromatic N) is 2. The Kier molecular flexibility index (Phi) is 9.29. The van der Waals surface area contributed by atoms with Crippen LogP contribution in [0.1, 0.15) is 47.3 Å². The normalized spacial score (nSPS) is 16.3. The number of ether oxygens (including phenoxy) is 1. The molecule has 202 valence electrons. The van der Waals surface area contributed by atoms with Crippen LogP contribution >= 0.6 is 12.2 Å². The molecule has 1 saturated heterocycles. The minimum atomic E-state index is -1.45. The van der Waals surface area contributed by atoms with E-state index in [-0.39, 0.29) is 24.5 Å². The van der Waals surface area contributed by atoms with E-state index in [9.17, 15) is 34.0 Å². The summed E-state index contributed by atoms with van der Waals surface area (Å²) in [5.41, 5.74) is -0.308. The molecule has 0 unspecified atom stereocenters. The van der Waals surface area contributed by atoms with Gasteiger partial charge < -0.3 is 20.5 Å². The number of carboxylic acid groups (broad SMARTS) is 1. The molecule has 3 rings (SSSR count). The van der Waals surface area contributed by atoms with Gasteiger partial charge in [-0.1, -0.05) is 31.6 Å². The van der Waals surface area contributed by atoms with E-state index in [1.165, 1.54) is 31.4 Å². The number of amides is 3. The number of aromatic carboxylic acids is 1. The van der Waals surface area contributed by atoms with Crippen molar-refractivity contribution < 1.29 is 33.5 Å². The van der Waals surface area contributed by atoms with Crippen molar-refractivity contribution in [3.63, 3.8) is 0 Å². The van der Waals surface area contributed by atoms with Gasteiger partial charge in [-0.3, -0.25) is 19.8 Å². The summed E-state index contributed by atoms with van der Waals surface area (Å²) >= 11 is 5.27. The zero-order valence-electron chi connectivity index (χ0n) is 20.7. The van der Waals surface area contributed by atoms with Gasteiger partial charge in [-0.25, -0.2) is 14.0 Å². The van der Waals surface area contributed by atoms with Gasteiger partial charge in [0.15, 0.2) is 0 Å². The predicted octanol–water partition coefficient (Wildman–Crippen LogP) is 3.61. The Balaban J connectivity index is 1.87. The molecule has 0 spiro atoms. The molecule has 3 N–H and O–H groups in total. The van der Waals surface area contributed by atoms with Crippen molar-refractivity contribution in [1.82, 2.24) is 15.5 Å². The van der Waals surface area contributed by atoms with Gasteiger partial charge >= 0.3 is 12.0 Å². The number of hydrogen-bond donors (Lipinski definition) is 3. The third-order valence-corrected chi connectivity index (χ3v) is 6.42. The first-order valence-electron chi connectivity index (χ1n) is 11.8. The Morgan fingerprint density at radius 2 is 2.08 bits per heavy atom. The molecule has 1 heterocycles. The molecular formula is C25H27FN4O7S. The first kappa shape index (κ1) is 28.4. The Labute approximate surface area is 223 Å². The van der Waals surface area contributed by atoms with Crippen LogP contribution in [0.3, 0.4) is 0 Å². The molecule has 0 saturated carbocycles. The van der Waals surface area contributed by atoms with Crippen molar-refractivity contribution in [1.29, 1.82) is 0 Å². The molecule has 1 fully saturated rings. The fourth-order valence-corrected chi connectivity index (χ4v) is 4.47. The highest BCUT2D eigenvalue weighted by Crippen LogP contribution is 2.28. The molecule has 1 aliphatic rings. The van der Waals surface area contributed by atoms with Crippen molar-refractivity contribution >= 4 is 40.8 Å². The van der Waals surface area contributed by atoms with Gasteiger partial charge in [-0.15, -0.1) is 0 Å². The number of carboxylic acids is 1. The zero-order valence-corrected chi connectivity index (χ0v) is 21.5. The van der Waals surface area contributed by atoms with Crippen molar-refractivity contribution in [3.8, 4) is 5.75 Å². The van der Waals surface area contributed by atoms with E-state index in [0.717, 1.165) is 17.0 Å². The lowest BCUT2D eigenvalue weighted by Gasteiger charge is -2.26. The topological polar surface area (TPSA) is 151 Å².